The van der Waals surface area contributed by atoms with E-state index in [0.717, 1.165) is 33.3 Å². The maximum atomic E-state index is 12.9. The van der Waals surface area contributed by atoms with E-state index in [0.29, 0.717) is 5.03 Å². The molecule has 2 aromatic heterocycles. The van der Waals surface area contributed by atoms with Crippen LogP contribution >= 0.6 is 23.4 Å². The Morgan fingerprint density at radius 1 is 1.21 bits per heavy atom. The van der Waals surface area contributed by atoms with Crippen molar-refractivity contribution < 1.29 is 18.0 Å². The Morgan fingerprint density at radius 3 is 2.73 bits per heavy atom. The van der Waals surface area contributed by atoms with Crippen molar-refractivity contribution in [2.45, 2.75) is 29.6 Å². The quantitative estimate of drug-likeness (QED) is 0.437. The minimum Gasteiger partial charge on any atom is -0.323 e. The van der Waals surface area contributed by atoms with Crippen LogP contribution < -0.4 is 11.0 Å². The van der Waals surface area contributed by atoms with Crippen LogP contribution in [0.4, 0.5) is 18.9 Å². The largest absolute Gasteiger partial charge is 0.416 e. The lowest BCUT2D eigenvalue weighted by atomic mass is 10.2. The zero-order valence-corrected chi connectivity index (χ0v) is 18.5. The van der Waals surface area contributed by atoms with Crippen LogP contribution in [0.3, 0.4) is 0 Å². The maximum absolute atomic E-state index is 12.9. The van der Waals surface area contributed by atoms with E-state index in [1.165, 1.54) is 28.6 Å². The van der Waals surface area contributed by atoms with Crippen LogP contribution in [-0.4, -0.2) is 25.1 Å². The van der Waals surface area contributed by atoms with Gasteiger partial charge in [0.25, 0.3) is 0 Å². The molecule has 0 unspecified atom stereocenters. The Hall–Kier alpha value is -3.31. The summed E-state index contributed by atoms with van der Waals surface area (Å²) in [7, 11) is 0. The number of hydrogen-bond acceptors (Lipinski definition) is 5. The zero-order valence-electron chi connectivity index (χ0n) is 16.9. The molecule has 170 valence electrons. The molecule has 0 aliphatic heterocycles. The molecule has 0 spiro atoms. The number of nitrogens with one attached hydrogen (secondary N) is 1. The standard InChI is InChI=1S/C21H15ClF3N5O2S/c1-12-3-2-4-14(9-12)33-19-18-28-30(20(32)29(18)8-7-26-19)11-17(31)27-16-10-13(21(23,24)25)5-6-15(16)22/h2-10H,11H2,1H3,(H,27,31). The molecule has 0 radical (unpaired) electrons. The highest BCUT2D eigenvalue weighted by atomic mass is 35.5. The third kappa shape index (κ3) is 5.04. The highest BCUT2D eigenvalue weighted by Gasteiger charge is 2.31. The number of anilines is 1. The molecule has 0 saturated heterocycles. The molecule has 4 rings (SSSR count). The van der Waals surface area contributed by atoms with Gasteiger partial charge in [0.15, 0.2) is 5.65 Å². The summed E-state index contributed by atoms with van der Waals surface area (Å²) in [6.07, 6.45) is -1.73. The summed E-state index contributed by atoms with van der Waals surface area (Å²) >= 11 is 7.23. The number of halogens is 4. The third-order valence-corrected chi connectivity index (χ3v) is 5.84. The van der Waals surface area contributed by atoms with Gasteiger partial charge in [0.05, 0.1) is 16.3 Å². The molecule has 1 amide bonds. The van der Waals surface area contributed by atoms with Gasteiger partial charge in [-0.15, -0.1) is 5.10 Å². The summed E-state index contributed by atoms with van der Waals surface area (Å²) in [5.74, 6) is -0.762. The molecule has 4 aromatic rings. The van der Waals surface area contributed by atoms with Crippen LogP contribution in [0.5, 0.6) is 0 Å². The van der Waals surface area contributed by atoms with Crippen molar-refractivity contribution in [2.75, 3.05) is 5.32 Å². The Kier molecular flexibility index (Phi) is 6.17. The molecule has 0 atom stereocenters. The summed E-state index contributed by atoms with van der Waals surface area (Å²) in [6.45, 7) is 1.42. The molecular weight excluding hydrogens is 479 g/mol. The number of carbonyl (C=O) groups is 1. The van der Waals surface area contributed by atoms with E-state index in [-0.39, 0.29) is 16.4 Å². The van der Waals surface area contributed by atoms with Crippen LogP contribution in [-0.2, 0) is 17.5 Å². The molecule has 2 aromatic carbocycles. The first-order chi connectivity index (χ1) is 15.6. The molecule has 0 bridgehead atoms. The van der Waals surface area contributed by atoms with Gasteiger partial charge in [0, 0.05) is 17.3 Å². The smallest absolute Gasteiger partial charge is 0.323 e. The number of nitrogens with zero attached hydrogens (tertiary/aromatic N) is 4. The van der Waals surface area contributed by atoms with E-state index >= 15 is 0 Å². The van der Waals surface area contributed by atoms with Crippen molar-refractivity contribution in [3.8, 4) is 0 Å². The van der Waals surface area contributed by atoms with Gasteiger partial charge in [-0.05, 0) is 37.3 Å². The van der Waals surface area contributed by atoms with Crippen molar-refractivity contribution in [2.24, 2.45) is 0 Å². The number of alkyl halides is 3. The fourth-order valence-corrected chi connectivity index (χ4v) is 4.14. The monoisotopic (exact) mass is 493 g/mol. The fourth-order valence-electron chi connectivity index (χ4n) is 3.01. The van der Waals surface area contributed by atoms with Crippen LogP contribution in [0.1, 0.15) is 11.1 Å². The van der Waals surface area contributed by atoms with Crippen molar-refractivity contribution in [3.63, 3.8) is 0 Å². The lowest BCUT2D eigenvalue weighted by Gasteiger charge is -2.11. The molecule has 0 aliphatic rings. The highest BCUT2D eigenvalue weighted by Crippen LogP contribution is 2.34. The van der Waals surface area contributed by atoms with Crippen LogP contribution in [0.2, 0.25) is 5.02 Å². The van der Waals surface area contributed by atoms with E-state index in [1.54, 1.807) is 0 Å². The second-order valence-electron chi connectivity index (χ2n) is 7.03. The molecule has 7 nitrogen and oxygen atoms in total. The SMILES string of the molecule is Cc1cccc(Sc2nccn3c(=O)n(CC(=O)Nc4cc(C(F)(F)F)ccc4Cl)nc23)c1. The third-order valence-electron chi connectivity index (χ3n) is 4.53. The minimum absolute atomic E-state index is 0.0697. The van der Waals surface area contributed by atoms with Crippen molar-refractivity contribution in [3.05, 3.63) is 81.5 Å². The molecule has 0 aliphatic carbocycles. The number of carbonyl (C=O) groups excluding carboxylic acids is 1. The molecular formula is C21H15ClF3N5O2S. The van der Waals surface area contributed by atoms with E-state index < -0.39 is 29.9 Å². The van der Waals surface area contributed by atoms with Gasteiger partial charge < -0.3 is 5.32 Å². The fraction of sp³-hybridized carbons (Fsp3) is 0.143. The van der Waals surface area contributed by atoms with Gasteiger partial charge in [-0.25, -0.2) is 18.9 Å². The molecule has 1 N–H and O–H groups in total. The van der Waals surface area contributed by atoms with E-state index in [1.807, 2.05) is 31.2 Å². The van der Waals surface area contributed by atoms with Gasteiger partial charge in [-0.2, -0.15) is 13.2 Å². The predicted octanol–water partition coefficient (Wildman–Crippen LogP) is 4.66. The van der Waals surface area contributed by atoms with Crippen LogP contribution in [0.25, 0.3) is 5.65 Å². The Bertz CT molecular complexity index is 1420. The normalized spacial score (nSPS) is 11.7. The van der Waals surface area contributed by atoms with Gasteiger partial charge in [-0.3, -0.25) is 4.79 Å². The van der Waals surface area contributed by atoms with Crippen LogP contribution in [0, 0.1) is 6.92 Å². The zero-order chi connectivity index (χ0) is 23.8. The van der Waals surface area contributed by atoms with Gasteiger partial charge >= 0.3 is 11.9 Å². The second-order valence-corrected chi connectivity index (χ2v) is 8.49. The van der Waals surface area contributed by atoms with Crippen molar-refractivity contribution in [1.29, 1.82) is 0 Å². The second kappa shape index (κ2) is 8.91. The summed E-state index contributed by atoms with van der Waals surface area (Å²) in [5, 5.41) is 6.89. The summed E-state index contributed by atoms with van der Waals surface area (Å²) in [6, 6.07) is 10.3. The number of aromatic nitrogens is 4. The number of hydrogen-bond donors (Lipinski definition) is 1. The first kappa shape index (κ1) is 22.9. The number of benzene rings is 2. The predicted molar refractivity (Wildman–Crippen MR) is 118 cm³/mol. The van der Waals surface area contributed by atoms with E-state index in [2.05, 4.69) is 15.4 Å². The molecule has 0 saturated carbocycles. The highest BCUT2D eigenvalue weighted by molar-refractivity contribution is 7.99. The Balaban J connectivity index is 1.59. The van der Waals surface area contributed by atoms with Crippen molar-refractivity contribution in [1.82, 2.24) is 19.2 Å². The summed E-state index contributed by atoms with van der Waals surface area (Å²) in [4.78, 5) is 30.3. The molecule has 33 heavy (non-hydrogen) atoms. The van der Waals surface area contributed by atoms with Gasteiger partial charge in [0.1, 0.15) is 11.6 Å². The minimum atomic E-state index is -4.60. The summed E-state index contributed by atoms with van der Waals surface area (Å²) in [5.41, 5.74) is -0.468. The topological polar surface area (TPSA) is 81.3 Å². The van der Waals surface area contributed by atoms with Crippen LogP contribution in [0.15, 0.2) is 69.6 Å². The lowest BCUT2D eigenvalue weighted by Crippen LogP contribution is -2.28. The van der Waals surface area contributed by atoms with E-state index in [4.69, 9.17) is 11.6 Å². The van der Waals surface area contributed by atoms with Gasteiger partial charge in [-0.1, -0.05) is 41.1 Å². The van der Waals surface area contributed by atoms with Gasteiger partial charge in [0.2, 0.25) is 5.91 Å². The summed E-state index contributed by atoms with van der Waals surface area (Å²) < 4.78 is 41.0. The Labute approximate surface area is 194 Å². The average molecular weight is 494 g/mol. The van der Waals surface area contributed by atoms with Crippen molar-refractivity contribution >= 4 is 40.6 Å². The number of fused-ring (bicyclic) bond motifs is 1. The number of rotatable bonds is 5. The molecule has 12 heteroatoms. The number of aryl methyl sites for hydroxylation is 1. The first-order valence-electron chi connectivity index (χ1n) is 9.47. The molecule has 0 fully saturated rings. The first-order valence-corrected chi connectivity index (χ1v) is 10.7. The number of amides is 1. The lowest BCUT2D eigenvalue weighted by molar-refractivity contribution is -0.137. The molecule has 2 heterocycles. The van der Waals surface area contributed by atoms with E-state index in [9.17, 15) is 22.8 Å². The maximum Gasteiger partial charge on any atom is 0.416 e. The Morgan fingerprint density at radius 2 is 2.00 bits per heavy atom. The average Bonchev–Trinajstić information content (AvgIpc) is 3.05.